The largest absolute Gasteiger partial charge is 0.432 e. The van der Waals surface area contributed by atoms with Crippen molar-refractivity contribution in [1.82, 2.24) is 4.98 Å². The molecular formula is C6H3Br2F2NO. The first kappa shape index (κ1) is 9.85. The molecule has 1 aromatic heterocycles. The first-order valence-electron chi connectivity index (χ1n) is 2.85. The molecule has 6 heteroatoms. The lowest BCUT2D eigenvalue weighted by Gasteiger charge is -2.06. The van der Waals surface area contributed by atoms with E-state index in [9.17, 15) is 8.78 Å². The Hall–Kier alpha value is -0.230. The highest BCUT2D eigenvalue weighted by Crippen LogP contribution is 2.31. The number of nitrogens with zero attached hydrogens (tertiary/aromatic N) is 1. The molecule has 0 spiro atoms. The Morgan fingerprint density at radius 2 is 2.00 bits per heavy atom. The molecule has 0 aliphatic heterocycles. The molecule has 0 saturated carbocycles. The summed E-state index contributed by atoms with van der Waals surface area (Å²) >= 11 is 6.17. The van der Waals surface area contributed by atoms with Crippen molar-refractivity contribution in [2.75, 3.05) is 0 Å². The van der Waals surface area contributed by atoms with Crippen LogP contribution in [0.1, 0.15) is 0 Å². The summed E-state index contributed by atoms with van der Waals surface area (Å²) in [4.78, 5) is 3.66. The van der Waals surface area contributed by atoms with Crippen molar-refractivity contribution in [1.29, 1.82) is 0 Å². The second-order valence-corrected chi connectivity index (χ2v) is 3.46. The van der Waals surface area contributed by atoms with Gasteiger partial charge in [-0.2, -0.15) is 8.78 Å². The topological polar surface area (TPSA) is 22.1 Å². The van der Waals surface area contributed by atoms with Gasteiger partial charge in [-0.05, 0) is 31.9 Å². The van der Waals surface area contributed by atoms with Gasteiger partial charge in [0.15, 0.2) is 5.75 Å². The van der Waals surface area contributed by atoms with Gasteiger partial charge in [-0.15, -0.1) is 0 Å². The minimum atomic E-state index is -2.84. The highest BCUT2D eigenvalue weighted by molar-refractivity contribution is 9.13. The molecule has 1 aromatic rings. The fourth-order valence-corrected chi connectivity index (χ4v) is 1.19. The van der Waals surface area contributed by atoms with E-state index >= 15 is 0 Å². The summed E-state index contributed by atoms with van der Waals surface area (Å²) in [5, 5.41) is 0. The lowest BCUT2D eigenvalue weighted by atomic mass is 10.5. The van der Waals surface area contributed by atoms with Gasteiger partial charge in [0.25, 0.3) is 0 Å². The first-order chi connectivity index (χ1) is 5.61. The minimum absolute atomic E-state index is 0.0133. The zero-order valence-corrected chi connectivity index (χ0v) is 8.77. The number of aromatic nitrogens is 1. The maximum absolute atomic E-state index is 11.7. The zero-order valence-electron chi connectivity index (χ0n) is 5.60. The first-order valence-corrected chi connectivity index (χ1v) is 4.43. The van der Waals surface area contributed by atoms with Crippen LogP contribution in [0.25, 0.3) is 0 Å². The van der Waals surface area contributed by atoms with Crippen molar-refractivity contribution in [3.63, 3.8) is 0 Å². The van der Waals surface area contributed by atoms with Crippen molar-refractivity contribution < 1.29 is 13.5 Å². The summed E-state index contributed by atoms with van der Waals surface area (Å²) in [5.74, 6) is 0.0133. The molecule has 0 radical (unpaired) electrons. The highest BCUT2D eigenvalue weighted by Gasteiger charge is 2.10. The van der Waals surface area contributed by atoms with Gasteiger partial charge in [0.1, 0.15) is 0 Å². The second kappa shape index (κ2) is 4.13. The Balaban J connectivity index is 2.92. The molecule has 0 aliphatic rings. The van der Waals surface area contributed by atoms with Gasteiger partial charge < -0.3 is 4.74 Å². The lowest BCUT2D eigenvalue weighted by molar-refractivity contribution is -0.0506. The Labute approximate surface area is 84.2 Å². The second-order valence-electron chi connectivity index (χ2n) is 1.81. The Bertz CT molecular complexity index is 282. The van der Waals surface area contributed by atoms with E-state index in [-0.39, 0.29) is 5.75 Å². The van der Waals surface area contributed by atoms with E-state index < -0.39 is 6.61 Å². The van der Waals surface area contributed by atoms with Crippen LogP contribution in [0.2, 0.25) is 0 Å². The summed E-state index contributed by atoms with van der Waals surface area (Å²) in [5.41, 5.74) is 0. The molecular weight excluding hydrogens is 300 g/mol. The lowest BCUT2D eigenvalue weighted by Crippen LogP contribution is -2.02. The van der Waals surface area contributed by atoms with Gasteiger partial charge in [0.05, 0.1) is 15.1 Å². The fourth-order valence-electron chi connectivity index (χ4n) is 0.580. The molecule has 0 unspecified atom stereocenters. The molecule has 0 atom stereocenters. The van der Waals surface area contributed by atoms with Crippen LogP contribution in [0.4, 0.5) is 8.78 Å². The molecule has 66 valence electrons. The molecule has 0 N–H and O–H groups in total. The number of alkyl halides is 2. The van der Waals surface area contributed by atoms with Gasteiger partial charge in [-0.25, -0.2) is 0 Å². The van der Waals surface area contributed by atoms with Gasteiger partial charge in [-0.3, -0.25) is 4.98 Å². The monoisotopic (exact) mass is 301 g/mol. The van der Waals surface area contributed by atoms with E-state index in [1.165, 1.54) is 12.4 Å². The van der Waals surface area contributed by atoms with E-state index in [0.717, 1.165) is 0 Å². The predicted molar refractivity (Wildman–Crippen MR) is 46.3 cm³/mol. The van der Waals surface area contributed by atoms with Gasteiger partial charge in [0, 0.05) is 6.20 Å². The van der Waals surface area contributed by atoms with E-state index in [1.54, 1.807) is 0 Å². The molecule has 1 rings (SSSR count). The minimum Gasteiger partial charge on any atom is -0.432 e. The summed E-state index contributed by atoms with van der Waals surface area (Å²) in [6.45, 7) is -2.84. The number of pyridine rings is 1. The third-order valence-corrected chi connectivity index (χ3v) is 2.97. The number of halogens is 4. The van der Waals surface area contributed by atoms with Crippen molar-refractivity contribution in [3.05, 3.63) is 21.3 Å². The molecule has 0 aliphatic carbocycles. The zero-order chi connectivity index (χ0) is 9.14. The molecule has 0 fully saturated rings. The molecule has 12 heavy (non-hydrogen) atoms. The number of rotatable bonds is 2. The number of hydrogen-bond donors (Lipinski definition) is 0. The molecule has 0 saturated heterocycles. The average molecular weight is 303 g/mol. The Morgan fingerprint density at radius 1 is 1.33 bits per heavy atom. The quantitative estimate of drug-likeness (QED) is 0.837. The summed E-state index contributed by atoms with van der Waals surface area (Å²) in [7, 11) is 0. The van der Waals surface area contributed by atoms with Crippen LogP contribution in [0, 0.1) is 0 Å². The number of hydrogen-bond acceptors (Lipinski definition) is 2. The Morgan fingerprint density at radius 3 is 2.58 bits per heavy atom. The van der Waals surface area contributed by atoms with Crippen LogP contribution in [0.15, 0.2) is 21.3 Å². The summed E-state index contributed by atoms with van der Waals surface area (Å²) in [6.07, 6.45) is 2.68. The van der Waals surface area contributed by atoms with Crippen LogP contribution in [-0.4, -0.2) is 11.6 Å². The molecule has 0 bridgehead atoms. The van der Waals surface area contributed by atoms with E-state index in [0.29, 0.717) is 8.95 Å². The van der Waals surface area contributed by atoms with Crippen LogP contribution < -0.4 is 4.74 Å². The molecule has 0 aromatic carbocycles. The van der Waals surface area contributed by atoms with Crippen LogP contribution in [0.5, 0.6) is 5.75 Å². The SMILES string of the molecule is FC(F)Oc1cncc(Br)c1Br. The van der Waals surface area contributed by atoms with Gasteiger partial charge >= 0.3 is 6.61 Å². The van der Waals surface area contributed by atoms with Crippen molar-refractivity contribution in [3.8, 4) is 5.75 Å². The van der Waals surface area contributed by atoms with Crippen molar-refractivity contribution in [2.24, 2.45) is 0 Å². The maximum atomic E-state index is 11.7. The van der Waals surface area contributed by atoms with E-state index in [1.807, 2.05) is 0 Å². The molecule has 2 nitrogen and oxygen atoms in total. The third-order valence-electron chi connectivity index (χ3n) is 1.02. The van der Waals surface area contributed by atoms with Crippen LogP contribution >= 0.6 is 31.9 Å². The van der Waals surface area contributed by atoms with Gasteiger partial charge in [-0.1, -0.05) is 0 Å². The third kappa shape index (κ3) is 2.38. The van der Waals surface area contributed by atoms with Crippen molar-refractivity contribution >= 4 is 31.9 Å². The standard InChI is InChI=1S/C6H3Br2F2NO/c7-3-1-11-2-4(5(3)8)12-6(9)10/h1-2,6H. The van der Waals surface area contributed by atoms with Crippen LogP contribution in [-0.2, 0) is 0 Å². The fraction of sp³-hybridized carbons (Fsp3) is 0.167. The van der Waals surface area contributed by atoms with E-state index in [2.05, 4.69) is 41.6 Å². The average Bonchev–Trinajstić information content (AvgIpc) is 1.98. The van der Waals surface area contributed by atoms with Crippen LogP contribution in [0.3, 0.4) is 0 Å². The molecule has 1 heterocycles. The maximum Gasteiger partial charge on any atom is 0.387 e. The summed E-state index contributed by atoms with van der Waals surface area (Å²) in [6, 6.07) is 0. The smallest absolute Gasteiger partial charge is 0.387 e. The van der Waals surface area contributed by atoms with Crippen molar-refractivity contribution in [2.45, 2.75) is 6.61 Å². The summed E-state index contributed by atoms with van der Waals surface area (Å²) < 4.78 is 28.6. The number of ether oxygens (including phenoxy) is 1. The Kier molecular flexibility index (Phi) is 3.39. The van der Waals surface area contributed by atoms with E-state index in [4.69, 9.17) is 0 Å². The molecule has 0 amide bonds. The predicted octanol–water partition coefficient (Wildman–Crippen LogP) is 3.21. The van der Waals surface area contributed by atoms with Gasteiger partial charge in [0.2, 0.25) is 0 Å². The highest BCUT2D eigenvalue weighted by atomic mass is 79.9. The normalized spacial score (nSPS) is 10.4.